The van der Waals surface area contributed by atoms with Crippen molar-refractivity contribution in [2.24, 2.45) is 0 Å². The summed E-state index contributed by atoms with van der Waals surface area (Å²) in [6, 6.07) is 12.1. The smallest absolute Gasteiger partial charge is 0.227 e. The summed E-state index contributed by atoms with van der Waals surface area (Å²) >= 11 is 0. The lowest BCUT2D eigenvalue weighted by Crippen LogP contribution is -2.40. The van der Waals surface area contributed by atoms with Crippen molar-refractivity contribution in [3.8, 4) is 11.3 Å². The summed E-state index contributed by atoms with van der Waals surface area (Å²) < 4.78 is 0. The number of carbonyl (C=O) groups is 1. The van der Waals surface area contributed by atoms with E-state index in [0.29, 0.717) is 13.0 Å². The Kier molecular flexibility index (Phi) is 5.42. The van der Waals surface area contributed by atoms with Gasteiger partial charge in [-0.1, -0.05) is 29.8 Å². The van der Waals surface area contributed by atoms with Crippen molar-refractivity contribution in [2.75, 3.05) is 13.1 Å². The van der Waals surface area contributed by atoms with Crippen LogP contribution in [-0.2, 0) is 11.2 Å². The van der Waals surface area contributed by atoms with Crippen LogP contribution in [0.1, 0.15) is 35.6 Å². The molecule has 0 bridgehead atoms. The third kappa shape index (κ3) is 4.25. The maximum absolute atomic E-state index is 12.7. The summed E-state index contributed by atoms with van der Waals surface area (Å²) in [6.45, 7) is 3.58. The third-order valence-corrected chi connectivity index (χ3v) is 5.24. The first kappa shape index (κ1) is 18.3. The van der Waals surface area contributed by atoms with Crippen molar-refractivity contribution < 1.29 is 4.79 Å². The molecule has 0 saturated carbocycles. The number of aromatic nitrogens is 3. The summed E-state index contributed by atoms with van der Waals surface area (Å²) in [5.41, 5.74) is 5.10. The highest BCUT2D eigenvalue weighted by atomic mass is 16.2. The Morgan fingerprint density at radius 1 is 1.14 bits per heavy atom. The number of nitrogens with zero attached hydrogens (tertiary/aromatic N) is 4. The van der Waals surface area contributed by atoms with Crippen molar-refractivity contribution in [1.82, 2.24) is 19.9 Å². The molecular weight excluding hydrogens is 348 g/mol. The molecule has 1 aromatic carbocycles. The largest absolute Gasteiger partial charge is 0.342 e. The van der Waals surface area contributed by atoms with Crippen molar-refractivity contribution >= 4 is 5.91 Å². The lowest BCUT2D eigenvalue weighted by atomic mass is 9.94. The van der Waals surface area contributed by atoms with Gasteiger partial charge in [0, 0.05) is 43.2 Å². The average molecular weight is 372 g/mol. The number of piperidine rings is 1. The Morgan fingerprint density at radius 3 is 2.89 bits per heavy atom. The zero-order chi connectivity index (χ0) is 19.3. The minimum absolute atomic E-state index is 0.153. The standard InChI is InChI=1S/C23H24N4O/c1-17-5-2-7-19(11-17)21-14-25-15-22(26-21)20-8-4-10-27(16-20)23(28)12-18-6-3-9-24-13-18/h2-3,5-7,9,11,13-15,20H,4,8,10,12,16H2,1H3/t20-/m0/s1. The van der Waals surface area contributed by atoms with Crippen LogP contribution in [0.5, 0.6) is 0 Å². The lowest BCUT2D eigenvalue weighted by molar-refractivity contribution is -0.131. The number of aryl methyl sites for hydroxylation is 1. The van der Waals surface area contributed by atoms with Crippen molar-refractivity contribution in [2.45, 2.75) is 32.1 Å². The molecule has 1 amide bonds. The molecule has 0 spiro atoms. The minimum Gasteiger partial charge on any atom is -0.342 e. The fraction of sp³-hybridized carbons (Fsp3) is 0.304. The first-order valence-corrected chi connectivity index (χ1v) is 9.75. The molecule has 1 atom stereocenters. The summed E-state index contributed by atoms with van der Waals surface area (Å²) in [5.74, 6) is 0.379. The number of hydrogen-bond acceptors (Lipinski definition) is 4. The SMILES string of the molecule is Cc1cccc(-c2cncc([C@H]3CCCN(C(=O)Cc4cccnc4)C3)n2)c1. The summed E-state index contributed by atoms with van der Waals surface area (Å²) in [6.07, 6.45) is 9.56. The summed E-state index contributed by atoms with van der Waals surface area (Å²) in [4.78, 5) is 28.1. The molecule has 3 aromatic rings. The maximum Gasteiger partial charge on any atom is 0.227 e. The molecule has 1 fully saturated rings. The second-order valence-corrected chi connectivity index (χ2v) is 7.42. The molecule has 0 radical (unpaired) electrons. The molecule has 0 aliphatic carbocycles. The number of likely N-dealkylation sites (tertiary alicyclic amines) is 1. The van der Waals surface area contributed by atoms with Crippen molar-refractivity contribution in [3.05, 3.63) is 78.0 Å². The van der Waals surface area contributed by atoms with E-state index in [1.54, 1.807) is 12.4 Å². The van der Waals surface area contributed by atoms with E-state index in [2.05, 4.69) is 35.1 Å². The molecule has 142 valence electrons. The normalized spacial score (nSPS) is 16.8. The fourth-order valence-corrected chi connectivity index (χ4v) is 3.76. The number of carbonyl (C=O) groups excluding carboxylic acids is 1. The van der Waals surface area contributed by atoms with Crippen LogP contribution in [0.2, 0.25) is 0 Å². The third-order valence-electron chi connectivity index (χ3n) is 5.24. The highest BCUT2D eigenvalue weighted by molar-refractivity contribution is 5.78. The Balaban J connectivity index is 1.49. The number of amides is 1. The molecule has 5 heteroatoms. The van der Waals surface area contributed by atoms with Crippen LogP contribution in [0, 0.1) is 6.92 Å². The van der Waals surface area contributed by atoms with Gasteiger partial charge >= 0.3 is 0 Å². The van der Waals surface area contributed by atoms with Crippen LogP contribution >= 0.6 is 0 Å². The molecule has 28 heavy (non-hydrogen) atoms. The van der Waals surface area contributed by atoms with Gasteiger partial charge < -0.3 is 4.90 Å². The topological polar surface area (TPSA) is 59.0 Å². The predicted octanol–water partition coefficient (Wildman–Crippen LogP) is 3.80. The number of pyridine rings is 1. The molecule has 1 saturated heterocycles. The molecule has 0 unspecified atom stereocenters. The first-order chi connectivity index (χ1) is 13.7. The van der Waals surface area contributed by atoms with Gasteiger partial charge in [-0.25, -0.2) is 4.98 Å². The monoisotopic (exact) mass is 372 g/mol. The van der Waals surface area contributed by atoms with Gasteiger partial charge in [-0.05, 0) is 37.5 Å². The van der Waals surface area contributed by atoms with Crippen LogP contribution in [0.3, 0.4) is 0 Å². The molecule has 3 heterocycles. The lowest BCUT2D eigenvalue weighted by Gasteiger charge is -2.32. The second kappa shape index (κ2) is 8.30. The zero-order valence-electron chi connectivity index (χ0n) is 16.1. The van der Waals surface area contributed by atoms with Gasteiger partial charge in [-0.15, -0.1) is 0 Å². The molecular formula is C23H24N4O. The Morgan fingerprint density at radius 2 is 2.07 bits per heavy atom. The molecule has 0 N–H and O–H groups in total. The minimum atomic E-state index is 0.153. The average Bonchev–Trinajstić information content (AvgIpc) is 2.75. The number of hydrogen-bond donors (Lipinski definition) is 0. The molecule has 2 aromatic heterocycles. The van der Waals surface area contributed by atoms with E-state index in [0.717, 1.165) is 41.9 Å². The summed E-state index contributed by atoms with van der Waals surface area (Å²) in [5, 5.41) is 0. The van der Waals surface area contributed by atoms with Crippen LogP contribution in [-0.4, -0.2) is 38.8 Å². The van der Waals surface area contributed by atoms with Gasteiger partial charge in [0.15, 0.2) is 0 Å². The van der Waals surface area contributed by atoms with Crippen LogP contribution < -0.4 is 0 Å². The van der Waals surface area contributed by atoms with Crippen LogP contribution in [0.25, 0.3) is 11.3 Å². The van der Waals surface area contributed by atoms with Crippen LogP contribution in [0.15, 0.2) is 61.2 Å². The van der Waals surface area contributed by atoms with E-state index in [1.165, 1.54) is 5.56 Å². The van der Waals surface area contributed by atoms with Gasteiger partial charge in [-0.3, -0.25) is 14.8 Å². The Bertz CT molecular complexity index is 958. The van der Waals surface area contributed by atoms with Crippen LogP contribution in [0.4, 0.5) is 0 Å². The van der Waals surface area contributed by atoms with E-state index in [4.69, 9.17) is 4.98 Å². The Labute approximate surface area is 165 Å². The van der Waals surface area contributed by atoms with Gasteiger partial charge in [0.2, 0.25) is 5.91 Å². The predicted molar refractivity (Wildman–Crippen MR) is 109 cm³/mol. The second-order valence-electron chi connectivity index (χ2n) is 7.42. The number of rotatable bonds is 4. The molecule has 1 aliphatic rings. The van der Waals surface area contributed by atoms with Gasteiger partial charge in [-0.2, -0.15) is 0 Å². The highest BCUT2D eigenvalue weighted by Crippen LogP contribution is 2.27. The van der Waals surface area contributed by atoms with Gasteiger partial charge in [0.05, 0.1) is 24.0 Å². The van der Waals surface area contributed by atoms with Gasteiger partial charge in [0.1, 0.15) is 0 Å². The molecule has 4 rings (SSSR count). The number of benzene rings is 1. The van der Waals surface area contributed by atoms with E-state index in [1.807, 2.05) is 35.5 Å². The van der Waals surface area contributed by atoms with Gasteiger partial charge in [0.25, 0.3) is 0 Å². The van der Waals surface area contributed by atoms with E-state index < -0.39 is 0 Å². The quantitative estimate of drug-likeness (QED) is 0.699. The van der Waals surface area contributed by atoms with E-state index in [9.17, 15) is 4.79 Å². The highest BCUT2D eigenvalue weighted by Gasteiger charge is 2.26. The van der Waals surface area contributed by atoms with E-state index in [-0.39, 0.29) is 11.8 Å². The summed E-state index contributed by atoms with van der Waals surface area (Å²) in [7, 11) is 0. The zero-order valence-corrected chi connectivity index (χ0v) is 16.1. The van der Waals surface area contributed by atoms with E-state index >= 15 is 0 Å². The first-order valence-electron chi connectivity index (χ1n) is 9.75. The van der Waals surface area contributed by atoms with Crippen molar-refractivity contribution in [3.63, 3.8) is 0 Å². The fourth-order valence-electron chi connectivity index (χ4n) is 3.76. The Hall–Kier alpha value is -3.08. The molecule has 1 aliphatic heterocycles. The van der Waals surface area contributed by atoms with Crippen molar-refractivity contribution in [1.29, 1.82) is 0 Å². The molecule has 5 nitrogen and oxygen atoms in total. The maximum atomic E-state index is 12.7.